The lowest BCUT2D eigenvalue weighted by Gasteiger charge is -2.07. The van der Waals surface area contributed by atoms with Crippen molar-refractivity contribution in [2.75, 3.05) is 12.5 Å². The van der Waals surface area contributed by atoms with Crippen LogP contribution in [0.25, 0.3) is 0 Å². The Morgan fingerprint density at radius 3 is 2.47 bits per heavy atom. The van der Waals surface area contributed by atoms with Crippen LogP contribution in [-0.2, 0) is 0 Å². The van der Waals surface area contributed by atoms with Gasteiger partial charge in [-0.1, -0.05) is 36.6 Å². The molecular weight excluding hydrogens is 231 g/mol. The van der Waals surface area contributed by atoms with E-state index >= 15 is 0 Å². The van der Waals surface area contributed by atoms with Crippen molar-refractivity contribution in [3.8, 4) is 5.75 Å². The van der Waals surface area contributed by atoms with Gasteiger partial charge in [0.05, 0.1) is 11.6 Å². The minimum absolute atomic E-state index is 0.679. The summed E-state index contributed by atoms with van der Waals surface area (Å²) in [7, 11) is 0. The van der Waals surface area contributed by atoms with Crippen LogP contribution in [0.2, 0.25) is 5.02 Å². The van der Waals surface area contributed by atoms with Crippen LogP contribution in [0.3, 0.4) is 0 Å². The molecule has 15 heavy (non-hydrogen) atoms. The summed E-state index contributed by atoms with van der Waals surface area (Å²) in [5, 5.41) is 0.679. The number of para-hydroxylation sites is 1. The van der Waals surface area contributed by atoms with Crippen LogP contribution in [-0.4, -0.2) is 12.5 Å². The highest BCUT2D eigenvalue weighted by Gasteiger charge is 1.98. The Kier molecular flexibility index (Phi) is 6.62. The molecule has 0 unspecified atom stereocenters. The molecular formula is C12H16Cl2O. The summed E-state index contributed by atoms with van der Waals surface area (Å²) < 4.78 is 5.55. The number of halogens is 2. The molecule has 0 spiro atoms. The predicted octanol–water partition coefficient (Wildman–Crippen LogP) is 4.52. The maximum absolute atomic E-state index is 5.94. The van der Waals surface area contributed by atoms with E-state index in [1.807, 2.05) is 24.3 Å². The van der Waals surface area contributed by atoms with Crippen LogP contribution in [0.4, 0.5) is 0 Å². The summed E-state index contributed by atoms with van der Waals surface area (Å²) in [6, 6.07) is 7.55. The summed E-state index contributed by atoms with van der Waals surface area (Å²) in [5.74, 6) is 1.53. The second kappa shape index (κ2) is 7.84. The molecule has 0 saturated heterocycles. The van der Waals surface area contributed by atoms with Gasteiger partial charge in [0.2, 0.25) is 0 Å². The fraction of sp³-hybridized carbons (Fsp3) is 0.500. The number of hydrogen-bond acceptors (Lipinski definition) is 1. The van der Waals surface area contributed by atoms with Crippen molar-refractivity contribution in [2.24, 2.45) is 0 Å². The third kappa shape index (κ3) is 5.29. The summed E-state index contributed by atoms with van der Waals surface area (Å²) in [6.07, 6.45) is 4.49. The number of ether oxygens (including phenoxy) is 1. The second-order valence-corrected chi connectivity index (χ2v) is 4.17. The molecule has 0 aliphatic carbocycles. The quantitative estimate of drug-likeness (QED) is 0.508. The van der Waals surface area contributed by atoms with Crippen LogP contribution in [0.5, 0.6) is 5.75 Å². The zero-order chi connectivity index (χ0) is 10.9. The van der Waals surface area contributed by atoms with E-state index in [2.05, 4.69) is 0 Å². The smallest absolute Gasteiger partial charge is 0.137 e. The third-order valence-electron chi connectivity index (χ3n) is 2.12. The molecule has 0 atom stereocenters. The van der Waals surface area contributed by atoms with Gasteiger partial charge in [0.25, 0.3) is 0 Å². The van der Waals surface area contributed by atoms with Crippen molar-refractivity contribution in [2.45, 2.75) is 25.7 Å². The van der Waals surface area contributed by atoms with Gasteiger partial charge < -0.3 is 4.74 Å². The molecule has 0 amide bonds. The molecule has 0 heterocycles. The van der Waals surface area contributed by atoms with Crippen molar-refractivity contribution < 1.29 is 4.74 Å². The van der Waals surface area contributed by atoms with Crippen molar-refractivity contribution in [3.05, 3.63) is 29.3 Å². The molecule has 0 fully saturated rings. The largest absolute Gasteiger partial charge is 0.492 e. The van der Waals surface area contributed by atoms with Gasteiger partial charge in [-0.05, 0) is 25.0 Å². The van der Waals surface area contributed by atoms with E-state index in [0.29, 0.717) is 5.02 Å². The number of unbranched alkanes of at least 4 members (excludes halogenated alkanes) is 3. The molecule has 84 valence electrons. The molecule has 3 heteroatoms. The van der Waals surface area contributed by atoms with Gasteiger partial charge in [-0.3, -0.25) is 0 Å². The van der Waals surface area contributed by atoms with E-state index in [1.54, 1.807) is 0 Å². The Bertz CT molecular complexity index is 276. The molecule has 0 N–H and O–H groups in total. The van der Waals surface area contributed by atoms with Gasteiger partial charge in [-0.25, -0.2) is 0 Å². The van der Waals surface area contributed by atoms with Gasteiger partial charge in [-0.15, -0.1) is 11.6 Å². The number of alkyl halides is 1. The molecule has 0 saturated carbocycles. The third-order valence-corrected chi connectivity index (χ3v) is 2.70. The fourth-order valence-electron chi connectivity index (χ4n) is 1.29. The Balaban J connectivity index is 2.12. The normalized spacial score (nSPS) is 10.3. The summed E-state index contributed by atoms with van der Waals surface area (Å²) in [5.41, 5.74) is 0. The maximum Gasteiger partial charge on any atom is 0.137 e. The molecule has 0 aromatic heterocycles. The van der Waals surface area contributed by atoms with Gasteiger partial charge >= 0.3 is 0 Å². The van der Waals surface area contributed by atoms with Gasteiger partial charge in [0.1, 0.15) is 5.75 Å². The number of hydrogen-bond donors (Lipinski definition) is 0. The highest BCUT2D eigenvalue weighted by molar-refractivity contribution is 6.32. The summed E-state index contributed by atoms with van der Waals surface area (Å²) in [6.45, 7) is 0.728. The molecule has 1 rings (SSSR count). The lowest BCUT2D eigenvalue weighted by molar-refractivity contribution is 0.305. The summed E-state index contributed by atoms with van der Waals surface area (Å²) in [4.78, 5) is 0. The average molecular weight is 247 g/mol. The zero-order valence-electron chi connectivity index (χ0n) is 8.72. The Morgan fingerprint density at radius 1 is 1.00 bits per heavy atom. The van der Waals surface area contributed by atoms with E-state index in [-0.39, 0.29) is 0 Å². The van der Waals surface area contributed by atoms with Crippen LogP contribution < -0.4 is 4.74 Å². The van der Waals surface area contributed by atoms with Crippen molar-refractivity contribution >= 4 is 23.2 Å². The topological polar surface area (TPSA) is 9.23 Å². The van der Waals surface area contributed by atoms with E-state index in [0.717, 1.165) is 37.5 Å². The predicted molar refractivity (Wildman–Crippen MR) is 66.1 cm³/mol. The van der Waals surface area contributed by atoms with Gasteiger partial charge in [0.15, 0.2) is 0 Å². The Labute approximate surface area is 101 Å². The first-order chi connectivity index (χ1) is 7.34. The average Bonchev–Trinajstić information content (AvgIpc) is 2.25. The van der Waals surface area contributed by atoms with E-state index in [4.69, 9.17) is 27.9 Å². The molecule has 0 aliphatic heterocycles. The van der Waals surface area contributed by atoms with Crippen molar-refractivity contribution in [1.29, 1.82) is 0 Å². The number of benzene rings is 1. The van der Waals surface area contributed by atoms with Crippen LogP contribution in [0, 0.1) is 0 Å². The Morgan fingerprint density at radius 2 is 1.73 bits per heavy atom. The minimum Gasteiger partial charge on any atom is -0.492 e. The first kappa shape index (κ1) is 12.7. The first-order valence-corrected chi connectivity index (χ1v) is 6.19. The lowest BCUT2D eigenvalue weighted by atomic mass is 10.2. The van der Waals surface area contributed by atoms with Crippen LogP contribution in [0.1, 0.15) is 25.7 Å². The van der Waals surface area contributed by atoms with E-state index in [9.17, 15) is 0 Å². The van der Waals surface area contributed by atoms with Crippen LogP contribution in [0.15, 0.2) is 24.3 Å². The standard InChI is InChI=1S/C12H16Cl2O/c13-9-5-1-2-6-10-15-12-8-4-3-7-11(12)14/h3-4,7-8H,1-2,5-6,9-10H2. The molecule has 0 aliphatic rings. The highest BCUT2D eigenvalue weighted by Crippen LogP contribution is 2.23. The highest BCUT2D eigenvalue weighted by atomic mass is 35.5. The summed E-state index contributed by atoms with van der Waals surface area (Å²) >= 11 is 11.5. The van der Waals surface area contributed by atoms with Crippen LogP contribution >= 0.6 is 23.2 Å². The van der Waals surface area contributed by atoms with Crippen molar-refractivity contribution in [3.63, 3.8) is 0 Å². The maximum atomic E-state index is 5.94. The molecule has 0 bridgehead atoms. The molecule has 1 aromatic rings. The van der Waals surface area contributed by atoms with E-state index < -0.39 is 0 Å². The van der Waals surface area contributed by atoms with E-state index in [1.165, 1.54) is 6.42 Å². The molecule has 1 aromatic carbocycles. The molecule has 0 radical (unpaired) electrons. The minimum atomic E-state index is 0.679. The van der Waals surface area contributed by atoms with Gasteiger partial charge in [-0.2, -0.15) is 0 Å². The molecule has 1 nitrogen and oxygen atoms in total. The Hall–Kier alpha value is -0.400. The first-order valence-electron chi connectivity index (χ1n) is 5.28. The zero-order valence-corrected chi connectivity index (χ0v) is 10.2. The lowest BCUT2D eigenvalue weighted by Crippen LogP contribution is -1.97. The van der Waals surface area contributed by atoms with Crippen molar-refractivity contribution in [1.82, 2.24) is 0 Å². The SMILES string of the molecule is ClCCCCCCOc1ccccc1Cl. The second-order valence-electron chi connectivity index (χ2n) is 3.38. The number of rotatable bonds is 7. The van der Waals surface area contributed by atoms with Gasteiger partial charge in [0, 0.05) is 5.88 Å². The fourth-order valence-corrected chi connectivity index (χ4v) is 1.67. The monoisotopic (exact) mass is 246 g/mol.